The number of nitro benzene ring substituents is 1. The predicted molar refractivity (Wildman–Crippen MR) is 101 cm³/mol. The van der Waals surface area contributed by atoms with E-state index < -0.39 is 4.92 Å². The Morgan fingerprint density at radius 2 is 1.74 bits per heavy atom. The van der Waals surface area contributed by atoms with E-state index in [9.17, 15) is 14.9 Å². The van der Waals surface area contributed by atoms with E-state index in [1.807, 2.05) is 37.3 Å². The Labute approximate surface area is 156 Å². The zero-order valence-corrected chi connectivity index (χ0v) is 14.9. The summed E-state index contributed by atoms with van der Waals surface area (Å²) in [6, 6.07) is 15.4. The number of rotatable bonds is 5. The lowest BCUT2D eigenvalue weighted by molar-refractivity contribution is -0.384. The molecule has 7 heteroatoms. The van der Waals surface area contributed by atoms with Crippen molar-refractivity contribution in [3.63, 3.8) is 0 Å². The summed E-state index contributed by atoms with van der Waals surface area (Å²) in [5.41, 5.74) is 1.90. The van der Waals surface area contributed by atoms with Crippen LogP contribution >= 0.6 is 0 Å². The molecular weight excluding hydrogens is 344 g/mol. The molecule has 0 unspecified atom stereocenters. The van der Waals surface area contributed by atoms with Gasteiger partial charge in [0.2, 0.25) is 0 Å². The molecule has 1 aromatic heterocycles. The molecule has 0 fully saturated rings. The van der Waals surface area contributed by atoms with Crippen LogP contribution in [0.3, 0.4) is 0 Å². The molecular formula is C20H18N4O3. The molecule has 3 aromatic rings. The number of carbonyl (C=O) groups is 1. The Balaban J connectivity index is 1.78. The van der Waals surface area contributed by atoms with Crippen molar-refractivity contribution in [3.05, 3.63) is 88.2 Å². The summed E-state index contributed by atoms with van der Waals surface area (Å²) in [5, 5.41) is 11.0. The lowest BCUT2D eigenvalue weighted by Gasteiger charge is -2.25. The normalized spacial score (nSPS) is 11.6. The fourth-order valence-corrected chi connectivity index (χ4v) is 2.68. The maximum Gasteiger partial charge on any atom is 0.269 e. The van der Waals surface area contributed by atoms with Crippen molar-refractivity contribution >= 4 is 11.6 Å². The second kappa shape index (κ2) is 7.74. The zero-order chi connectivity index (χ0) is 19.4. The van der Waals surface area contributed by atoms with Crippen molar-refractivity contribution < 1.29 is 9.72 Å². The minimum absolute atomic E-state index is 0.00394. The highest BCUT2D eigenvalue weighted by Gasteiger charge is 2.21. The molecule has 0 radical (unpaired) electrons. The number of amides is 1. The smallest absolute Gasteiger partial charge is 0.269 e. The second-order valence-corrected chi connectivity index (χ2v) is 6.11. The van der Waals surface area contributed by atoms with Crippen LogP contribution in [0, 0.1) is 10.1 Å². The highest BCUT2D eigenvalue weighted by atomic mass is 16.6. The molecule has 3 rings (SSSR count). The number of aromatic nitrogens is 2. The summed E-state index contributed by atoms with van der Waals surface area (Å²) in [6.07, 6.45) is 2.99. The summed E-state index contributed by atoms with van der Waals surface area (Å²) >= 11 is 0. The van der Waals surface area contributed by atoms with Crippen LogP contribution in [0.15, 0.2) is 67.0 Å². The van der Waals surface area contributed by atoms with Gasteiger partial charge in [0.05, 0.1) is 16.5 Å². The molecule has 0 spiro atoms. The van der Waals surface area contributed by atoms with Crippen molar-refractivity contribution in [1.82, 2.24) is 14.9 Å². The van der Waals surface area contributed by atoms with E-state index >= 15 is 0 Å². The molecule has 0 aliphatic carbocycles. The molecule has 7 nitrogen and oxygen atoms in total. The Morgan fingerprint density at radius 1 is 1.07 bits per heavy atom. The molecule has 0 aliphatic rings. The first kappa shape index (κ1) is 18.2. The third-order valence-electron chi connectivity index (χ3n) is 4.40. The van der Waals surface area contributed by atoms with Crippen LogP contribution in [-0.4, -0.2) is 32.7 Å². The Kier molecular flexibility index (Phi) is 5.21. The van der Waals surface area contributed by atoms with E-state index in [2.05, 4.69) is 9.97 Å². The third-order valence-corrected chi connectivity index (χ3v) is 4.40. The van der Waals surface area contributed by atoms with E-state index in [1.54, 1.807) is 19.2 Å². The number of hydrogen-bond acceptors (Lipinski definition) is 5. The van der Waals surface area contributed by atoms with Crippen LogP contribution in [0.5, 0.6) is 0 Å². The molecule has 1 heterocycles. The molecule has 0 saturated carbocycles. The largest absolute Gasteiger partial charge is 0.335 e. The summed E-state index contributed by atoms with van der Waals surface area (Å²) in [5.74, 6) is 0.287. The first-order chi connectivity index (χ1) is 13.0. The average molecular weight is 362 g/mol. The number of non-ortho nitro benzene ring substituents is 1. The number of nitrogens with zero attached hydrogens (tertiary/aromatic N) is 4. The van der Waals surface area contributed by atoms with Crippen molar-refractivity contribution in [1.29, 1.82) is 0 Å². The molecule has 0 aliphatic heterocycles. The number of carbonyl (C=O) groups excluding carboxylic acids is 1. The second-order valence-electron chi connectivity index (χ2n) is 6.11. The Bertz CT molecular complexity index is 958. The van der Waals surface area contributed by atoms with Crippen molar-refractivity contribution in [2.24, 2.45) is 0 Å². The summed E-state index contributed by atoms with van der Waals surface area (Å²) in [7, 11) is 1.65. The Hall–Kier alpha value is -3.61. The fourth-order valence-electron chi connectivity index (χ4n) is 2.68. The molecule has 27 heavy (non-hydrogen) atoms. The van der Waals surface area contributed by atoms with Crippen LogP contribution in [0.25, 0.3) is 11.4 Å². The maximum atomic E-state index is 12.7. The molecule has 0 N–H and O–H groups in total. The van der Waals surface area contributed by atoms with Crippen molar-refractivity contribution in [3.8, 4) is 11.4 Å². The van der Waals surface area contributed by atoms with Gasteiger partial charge in [-0.3, -0.25) is 14.9 Å². The molecule has 0 saturated heterocycles. The van der Waals surface area contributed by atoms with Gasteiger partial charge in [0.1, 0.15) is 0 Å². The molecule has 1 amide bonds. The summed E-state index contributed by atoms with van der Waals surface area (Å²) < 4.78 is 0. The van der Waals surface area contributed by atoms with Gasteiger partial charge < -0.3 is 4.90 Å². The van der Waals surface area contributed by atoms with Crippen molar-refractivity contribution in [2.75, 3.05) is 7.05 Å². The van der Waals surface area contributed by atoms with E-state index in [0.717, 1.165) is 5.56 Å². The van der Waals surface area contributed by atoms with Gasteiger partial charge >= 0.3 is 0 Å². The van der Waals surface area contributed by atoms with Gasteiger partial charge in [-0.2, -0.15) is 0 Å². The van der Waals surface area contributed by atoms with Gasteiger partial charge in [-0.1, -0.05) is 42.5 Å². The van der Waals surface area contributed by atoms with Gasteiger partial charge in [-0.25, -0.2) is 9.97 Å². The summed E-state index contributed by atoms with van der Waals surface area (Å²) in [6.45, 7) is 1.82. The van der Waals surface area contributed by atoms with Crippen LogP contribution in [0.2, 0.25) is 0 Å². The third kappa shape index (κ3) is 3.98. The van der Waals surface area contributed by atoms with Crippen LogP contribution in [-0.2, 0) is 0 Å². The topological polar surface area (TPSA) is 89.2 Å². The maximum absolute atomic E-state index is 12.7. The highest BCUT2D eigenvalue weighted by Crippen LogP contribution is 2.24. The molecule has 0 bridgehead atoms. The highest BCUT2D eigenvalue weighted by molar-refractivity contribution is 5.93. The van der Waals surface area contributed by atoms with E-state index in [0.29, 0.717) is 17.0 Å². The van der Waals surface area contributed by atoms with Crippen LogP contribution < -0.4 is 0 Å². The minimum Gasteiger partial charge on any atom is -0.335 e. The van der Waals surface area contributed by atoms with E-state index in [-0.39, 0.29) is 17.6 Å². The van der Waals surface area contributed by atoms with Crippen LogP contribution in [0.4, 0.5) is 5.69 Å². The lowest BCUT2D eigenvalue weighted by Crippen LogP contribution is -2.29. The first-order valence-electron chi connectivity index (χ1n) is 8.36. The Morgan fingerprint density at radius 3 is 2.37 bits per heavy atom. The first-order valence-corrected chi connectivity index (χ1v) is 8.36. The zero-order valence-electron chi connectivity index (χ0n) is 14.9. The number of hydrogen-bond donors (Lipinski definition) is 0. The number of nitro groups is 1. The van der Waals surface area contributed by atoms with Gasteiger partial charge in [0.25, 0.3) is 11.6 Å². The van der Waals surface area contributed by atoms with Crippen molar-refractivity contribution in [2.45, 2.75) is 13.0 Å². The standard InChI is InChI=1S/C20H18N4O3/c1-14(16-9-6-10-18(11-16)24(26)27)23(2)20(25)17-12-21-19(22-13-17)15-7-4-3-5-8-15/h3-14H,1-2H3/t14-/m1/s1. The predicted octanol–water partition coefficient (Wildman–Crippen LogP) is 3.89. The van der Waals surface area contributed by atoms with Gasteiger partial charge in [0, 0.05) is 37.1 Å². The SMILES string of the molecule is C[C@H](c1cccc([N+](=O)[O-])c1)N(C)C(=O)c1cnc(-c2ccccc2)nc1. The molecule has 2 aromatic carbocycles. The molecule has 1 atom stereocenters. The van der Waals surface area contributed by atoms with E-state index in [4.69, 9.17) is 0 Å². The monoisotopic (exact) mass is 362 g/mol. The van der Waals surface area contributed by atoms with E-state index in [1.165, 1.54) is 29.4 Å². The lowest BCUT2D eigenvalue weighted by atomic mass is 10.1. The average Bonchev–Trinajstić information content (AvgIpc) is 2.73. The van der Waals surface area contributed by atoms with Gasteiger partial charge in [-0.15, -0.1) is 0 Å². The quantitative estimate of drug-likeness (QED) is 0.507. The molecule has 136 valence electrons. The van der Waals surface area contributed by atoms with Crippen LogP contribution in [0.1, 0.15) is 28.9 Å². The summed E-state index contributed by atoms with van der Waals surface area (Å²) in [4.78, 5) is 33.3. The van der Waals surface area contributed by atoms with Gasteiger partial charge in [-0.05, 0) is 12.5 Å². The number of benzene rings is 2. The minimum atomic E-state index is -0.450. The van der Waals surface area contributed by atoms with Gasteiger partial charge in [0.15, 0.2) is 5.82 Å². The fraction of sp³-hybridized carbons (Fsp3) is 0.150.